The molecule has 0 radical (unpaired) electrons. The molecule has 1 aliphatic carbocycles. The van der Waals surface area contributed by atoms with Gasteiger partial charge < -0.3 is 19.8 Å². The Morgan fingerprint density at radius 2 is 2.27 bits per heavy atom. The average molecular weight is 212 g/mol. The standard InChI is InChI=1S/C9H16N4O2/c1-10-5-8-12-13-9(15-8)11-6-3-7(4-6)14-2/h6-7,10H,3-5H2,1-2H3,(H,11,13). The first-order chi connectivity index (χ1) is 7.31. The molecule has 1 aromatic rings. The first-order valence-corrected chi connectivity index (χ1v) is 5.08. The van der Waals surface area contributed by atoms with Gasteiger partial charge in [-0.15, -0.1) is 5.10 Å². The number of rotatable bonds is 5. The summed E-state index contributed by atoms with van der Waals surface area (Å²) in [5.41, 5.74) is 0. The van der Waals surface area contributed by atoms with E-state index in [0.29, 0.717) is 30.6 Å². The van der Waals surface area contributed by atoms with Gasteiger partial charge in [-0.1, -0.05) is 5.10 Å². The second-order valence-corrected chi connectivity index (χ2v) is 3.70. The minimum Gasteiger partial charge on any atom is -0.407 e. The molecule has 1 fully saturated rings. The lowest BCUT2D eigenvalue weighted by atomic mass is 9.89. The highest BCUT2D eigenvalue weighted by molar-refractivity contribution is 5.21. The lowest BCUT2D eigenvalue weighted by Gasteiger charge is -2.33. The SMILES string of the molecule is CNCc1nnc(NC2CC(OC)C2)o1. The van der Waals surface area contributed by atoms with Crippen LogP contribution in [0.3, 0.4) is 0 Å². The maximum atomic E-state index is 5.36. The maximum absolute atomic E-state index is 5.36. The van der Waals surface area contributed by atoms with E-state index in [1.165, 1.54) is 0 Å². The number of aromatic nitrogens is 2. The van der Waals surface area contributed by atoms with Gasteiger partial charge in [0.05, 0.1) is 12.6 Å². The van der Waals surface area contributed by atoms with E-state index in [-0.39, 0.29) is 0 Å². The summed E-state index contributed by atoms with van der Waals surface area (Å²) in [4.78, 5) is 0. The fourth-order valence-corrected chi connectivity index (χ4v) is 1.59. The van der Waals surface area contributed by atoms with Crippen LogP contribution in [0, 0.1) is 0 Å². The van der Waals surface area contributed by atoms with E-state index in [2.05, 4.69) is 20.8 Å². The Bertz CT molecular complexity index is 309. The molecule has 0 bridgehead atoms. The van der Waals surface area contributed by atoms with Crippen LogP contribution in [0.1, 0.15) is 18.7 Å². The average Bonchev–Trinajstić information content (AvgIpc) is 2.59. The van der Waals surface area contributed by atoms with Gasteiger partial charge in [-0.25, -0.2) is 0 Å². The third-order valence-electron chi connectivity index (χ3n) is 2.55. The van der Waals surface area contributed by atoms with Crippen LogP contribution in [0.4, 0.5) is 6.01 Å². The molecular weight excluding hydrogens is 196 g/mol. The topological polar surface area (TPSA) is 72.2 Å². The summed E-state index contributed by atoms with van der Waals surface area (Å²) in [7, 11) is 3.57. The maximum Gasteiger partial charge on any atom is 0.315 e. The van der Waals surface area contributed by atoms with Crippen LogP contribution in [0.2, 0.25) is 0 Å². The van der Waals surface area contributed by atoms with Gasteiger partial charge in [-0.05, 0) is 19.9 Å². The molecule has 0 amide bonds. The summed E-state index contributed by atoms with van der Waals surface area (Å²) < 4.78 is 10.5. The Morgan fingerprint density at radius 1 is 1.47 bits per heavy atom. The van der Waals surface area contributed by atoms with E-state index in [0.717, 1.165) is 12.8 Å². The normalized spacial score (nSPS) is 24.9. The molecule has 6 nitrogen and oxygen atoms in total. The Morgan fingerprint density at radius 3 is 2.93 bits per heavy atom. The molecule has 1 aromatic heterocycles. The second kappa shape index (κ2) is 4.59. The molecule has 0 unspecified atom stereocenters. The Kier molecular flexibility index (Phi) is 3.17. The minimum atomic E-state index is 0.377. The number of hydrogen-bond donors (Lipinski definition) is 2. The first kappa shape index (κ1) is 10.4. The van der Waals surface area contributed by atoms with E-state index < -0.39 is 0 Å². The number of nitrogens with zero attached hydrogens (tertiary/aromatic N) is 2. The van der Waals surface area contributed by atoms with E-state index in [1.807, 2.05) is 7.05 Å². The van der Waals surface area contributed by atoms with Crippen molar-refractivity contribution in [3.63, 3.8) is 0 Å². The van der Waals surface area contributed by atoms with Gasteiger partial charge in [-0.2, -0.15) is 0 Å². The number of methoxy groups -OCH3 is 1. The molecule has 0 atom stereocenters. The van der Waals surface area contributed by atoms with Gasteiger partial charge in [0.25, 0.3) is 0 Å². The van der Waals surface area contributed by atoms with Crippen LogP contribution in [-0.4, -0.2) is 36.5 Å². The van der Waals surface area contributed by atoms with Gasteiger partial charge >= 0.3 is 6.01 Å². The molecule has 2 rings (SSSR count). The summed E-state index contributed by atoms with van der Waals surface area (Å²) in [6.45, 7) is 0.597. The zero-order valence-electron chi connectivity index (χ0n) is 8.99. The summed E-state index contributed by atoms with van der Waals surface area (Å²) in [6, 6.07) is 0.901. The van der Waals surface area contributed by atoms with Crippen molar-refractivity contribution in [3.8, 4) is 0 Å². The van der Waals surface area contributed by atoms with Crippen LogP contribution in [0.15, 0.2) is 4.42 Å². The van der Waals surface area contributed by atoms with Crippen LogP contribution >= 0.6 is 0 Å². The molecule has 0 aromatic carbocycles. The van der Waals surface area contributed by atoms with E-state index in [1.54, 1.807) is 7.11 Å². The van der Waals surface area contributed by atoms with Crippen molar-refractivity contribution >= 4 is 6.01 Å². The summed E-state index contributed by atoms with van der Waals surface area (Å²) >= 11 is 0. The lowest BCUT2D eigenvalue weighted by Crippen LogP contribution is -2.40. The molecular formula is C9H16N4O2. The lowest BCUT2D eigenvalue weighted by molar-refractivity contribution is 0.0323. The third kappa shape index (κ3) is 2.45. The molecule has 0 saturated heterocycles. The van der Waals surface area contributed by atoms with Crippen molar-refractivity contribution in [2.24, 2.45) is 0 Å². The van der Waals surface area contributed by atoms with E-state index in [9.17, 15) is 0 Å². The molecule has 1 saturated carbocycles. The predicted octanol–water partition coefficient (Wildman–Crippen LogP) is 0.378. The highest BCUT2D eigenvalue weighted by Gasteiger charge is 2.29. The van der Waals surface area contributed by atoms with Crippen LogP contribution in [-0.2, 0) is 11.3 Å². The van der Waals surface area contributed by atoms with Gasteiger partial charge in [0.1, 0.15) is 0 Å². The Hall–Kier alpha value is -1.14. The van der Waals surface area contributed by atoms with Crippen LogP contribution < -0.4 is 10.6 Å². The van der Waals surface area contributed by atoms with Crippen molar-refractivity contribution in [1.82, 2.24) is 15.5 Å². The molecule has 0 aliphatic heterocycles. The molecule has 1 aliphatic rings. The number of anilines is 1. The molecule has 6 heteroatoms. The van der Waals surface area contributed by atoms with E-state index >= 15 is 0 Å². The molecule has 84 valence electrons. The third-order valence-corrected chi connectivity index (χ3v) is 2.55. The van der Waals surface area contributed by atoms with Crippen molar-refractivity contribution in [3.05, 3.63) is 5.89 Å². The van der Waals surface area contributed by atoms with Crippen molar-refractivity contribution < 1.29 is 9.15 Å². The van der Waals surface area contributed by atoms with Crippen molar-refractivity contribution in [1.29, 1.82) is 0 Å². The number of nitrogens with one attached hydrogen (secondary N) is 2. The number of ether oxygens (including phenoxy) is 1. The van der Waals surface area contributed by atoms with Gasteiger partial charge in [0.2, 0.25) is 5.89 Å². The molecule has 1 heterocycles. The van der Waals surface area contributed by atoms with Crippen LogP contribution in [0.25, 0.3) is 0 Å². The highest BCUT2D eigenvalue weighted by Crippen LogP contribution is 2.25. The predicted molar refractivity (Wildman–Crippen MR) is 54.5 cm³/mol. The molecule has 15 heavy (non-hydrogen) atoms. The fraction of sp³-hybridized carbons (Fsp3) is 0.778. The monoisotopic (exact) mass is 212 g/mol. The largest absolute Gasteiger partial charge is 0.407 e. The van der Waals surface area contributed by atoms with Gasteiger partial charge in [0, 0.05) is 13.2 Å². The molecule has 0 spiro atoms. The fourth-order valence-electron chi connectivity index (χ4n) is 1.59. The van der Waals surface area contributed by atoms with Crippen LogP contribution in [0.5, 0.6) is 0 Å². The number of hydrogen-bond acceptors (Lipinski definition) is 6. The smallest absolute Gasteiger partial charge is 0.315 e. The zero-order chi connectivity index (χ0) is 10.7. The van der Waals surface area contributed by atoms with Gasteiger partial charge in [0.15, 0.2) is 0 Å². The molecule has 2 N–H and O–H groups in total. The van der Waals surface area contributed by atoms with Crippen molar-refractivity contribution in [2.45, 2.75) is 31.5 Å². The first-order valence-electron chi connectivity index (χ1n) is 5.08. The van der Waals surface area contributed by atoms with Gasteiger partial charge in [-0.3, -0.25) is 0 Å². The highest BCUT2D eigenvalue weighted by atomic mass is 16.5. The Labute approximate surface area is 88.4 Å². The zero-order valence-corrected chi connectivity index (χ0v) is 8.99. The van der Waals surface area contributed by atoms with E-state index in [4.69, 9.17) is 9.15 Å². The summed E-state index contributed by atoms with van der Waals surface area (Å²) in [5.74, 6) is 0.600. The summed E-state index contributed by atoms with van der Waals surface area (Å²) in [6.07, 6.45) is 2.38. The van der Waals surface area contributed by atoms with Crippen molar-refractivity contribution in [2.75, 3.05) is 19.5 Å². The minimum absolute atomic E-state index is 0.377. The quantitative estimate of drug-likeness (QED) is 0.735. The Balaban J connectivity index is 1.79. The summed E-state index contributed by atoms with van der Waals surface area (Å²) in [5, 5.41) is 13.9. The second-order valence-electron chi connectivity index (χ2n) is 3.70.